The maximum Gasteiger partial charge on any atom is 0.203 e. The molecule has 8 heteroatoms. The Bertz CT molecular complexity index is 1230. The Labute approximate surface area is 187 Å². The van der Waals surface area contributed by atoms with Crippen LogP contribution < -0.4 is 19.9 Å². The molecule has 0 aliphatic carbocycles. The van der Waals surface area contributed by atoms with Crippen LogP contribution in [0.3, 0.4) is 0 Å². The first-order valence-corrected chi connectivity index (χ1v) is 10.5. The maximum absolute atomic E-state index is 6.47. The summed E-state index contributed by atoms with van der Waals surface area (Å²) in [6.45, 7) is 0. The molecule has 0 saturated carbocycles. The lowest BCUT2D eigenvalue weighted by Crippen LogP contribution is -1.97. The number of aromatic nitrogens is 1. The minimum absolute atomic E-state index is 0.425. The third kappa shape index (κ3) is 3.31. The molecule has 5 nitrogen and oxygen atoms in total. The number of thiophene rings is 1. The van der Waals surface area contributed by atoms with Gasteiger partial charge in [0, 0.05) is 38.4 Å². The van der Waals surface area contributed by atoms with Crippen molar-refractivity contribution in [3.63, 3.8) is 0 Å². The van der Waals surface area contributed by atoms with Gasteiger partial charge in [-0.15, -0.1) is 11.3 Å². The molecule has 0 aliphatic rings. The summed E-state index contributed by atoms with van der Waals surface area (Å²) in [4.78, 5) is 4.44. The number of methoxy groups -OCH3 is 3. The number of anilines is 1. The largest absolute Gasteiger partial charge is 0.493 e. The molecule has 30 heavy (non-hydrogen) atoms. The van der Waals surface area contributed by atoms with Crippen molar-refractivity contribution in [3.05, 3.63) is 52.0 Å². The zero-order chi connectivity index (χ0) is 21.4. The molecule has 2 aromatic carbocycles. The zero-order valence-electron chi connectivity index (χ0n) is 16.5. The summed E-state index contributed by atoms with van der Waals surface area (Å²) in [5, 5.41) is 3.81. The maximum atomic E-state index is 6.47. The first-order chi connectivity index (χ1) is 14.5. The fourth-order valence-corrected chi connectivity index (χ4v) is 4.93. The molecule has 0 fully saturated rings. The van der Waals surface area contributed by atoms with Crippen LogP contribution in [-0.2, 0) is 0 Å². The Balaban J connectivity index is 1.98. The molecular weight excluding hydrogens is 443 g/mol. The van der Waals surface area contributed by atoms with Crippen molar-refractivity contribution >= 4 is 50.4 Å². The summed E-state index contributed by atoms with van der Waals surface area (Å²) in [5.41, 5.74) is 9.75. The van der Waals surface area contributed by atoms with Crippen molar-refractivity contribution in [1.82, 2.24) is 4.98 Å². The highest BCUT2D eigenvalue weighted by Crippen LogP contribution is 2.47. The highest BCUT2D eigenvalue weighted by Gasteiger charge is 2.20. The molecule has 0 radical (unpaired) electrons. The van der Waals surface area contributed by atoms with E-state index in [1.807, 2.05) is 29.6 Å². The van der Waals surface area contributed by atoms with Gasteiger partial charge >= 0.3 is 0 Å². The summed E-state index contributed by atoms with van der Waals surface area (Å²) in [7, 11) is 4.74. The van der Waals surface area contributed by atoms with Gasteiger partial charge in [0.15, 0.2) is 11.5 Å². The van der Waals surface area contributed by atoms with Crippen molar-refractivity contribution in [2.45, 2.75) is 0 Å². The van der Waals surface area contributed by atoms with Gasteiger partial charge in [0.2, 0.25) is 5.75 Å². The lowest BCUT2D eigenvalue weighted by molar-refractivity contribution is 0.324. The van der Waals surface area contributed by atoms with E-state index in [0.29, 0.717) is 33.1 Å². The summed E-state index contributed by atoms with van der Waals surface area (Å²) in [6.07, 6.45) is 1.75. The second kappa shape index (κ2) is 8.22. The van der Waals surface area contributed by atoms with Gasteiger partial charge in [0.25, 0.3) is 0 Å². The van der Waals surface area contributed by atoms with E-state index >= 15 is 0 Å². The normalized spacial score (nSPS) is 11.0. The zero-order valence-corrected chi connectivity index (χ0v) is 18.8. The van der Waals surface area contributed by atoms with E-state index in [9.17, 15) is 0 Å². The molecule has 0 aliphatic heterocycles. The van der Waals surface area contributed by atoms with Gasteiger partial charge in [-0.2, -0.15) is 0 Å². The molecule has 0 amide bonds. The van der Waals surface area contributed by atoms with Crippen LogP contribution in [0.2, 0.25) is 10.0 Å². The summed E-state index contributed by atoms with van der Waals surface area (Å²) < 4.78 is 17.4. The molecule has 0 unspecified atom stereocenters. The number of pyridine rings is 1. The monoisotopic (exact) mass is 460 g/mol. The molecule has 0 spiro atoms. The number of fused-ring (bicyclic) bond motifs is 1. The number of hydrogen-bond donors (Lipinski definition) is 1. The van der Waals surface area contributed by atoms with E-state index in [0.717, 1.165) is 32.3 Å². The van der Waals surface area contributed by atoms with E-state index in [1.165, 1.54) is 0 Å². The second-order valence-electron chi connectivity index (χ2n) is 6.43. The highest BCUT2D eigenvalue weighted by molar-refractivity contribution is 7.18. The fraction of sp³-hybridized carbons (Fsp3) is 0.136. The lowest BCUT2D eigenvalue weighted by Gasteiger charge is -2.15. The SMILES string of the molecule is COc1cc(-c2cnc(N)c3c(-c4cccc(Cl)c4Cl)csc23)cc(OC)c1OC. The van der Waals surface area contributed by atoms with Gasteiger partial charge in [-0.3, -0.25) is 0 Å². The number of nitrogens with two attached hydrogens (primary N) is 1. The van der Waals surface area contributed by atoms with Crippen LogP contribution in [0.4, 0.5) is 5.82 Å². The minimum atomic E-state index is 0.425. The molecule has 0 atom stereocenters. The van der Waals surface area contributed by atoms with Gasteiger partial charge in [-0.25, -0.2) is 4.98 Å². The van der Waals surface area contributed by atoms with E-state index in [4.69, 9.17) is 43.1 Å². The first-order valence-electron chi connectivity index (χ1n) is 8.90. The number of halogens is 2. The van der Waals surface area contributed by atoms with Crippen molar-refractivity contribution in [3.8, 4) is 39.5 Å². The van der Waals surface area contributed by atoms with Crippen LogP contribution in [0.1, 0.15) is 0 Å². The molecule has 4 rings (SSSR count). The van der Waals surface area contributed by atoms with Gasteiger partial charge in [-0.05, 0) is 23.8 Å². The van der Waals surface area contributed by atoms with Gasteiger partial charge in [0.1, 0.15) is 5.82 Å². The number of ether oxygens (including phenoxy) is 3. The molecular formula is C22H18Cl2N2O3S. The topological polar surface area (TPSA) is 66.6 Å². The molecule has 2 heterocycles. The minimum Gasteiger partial charge on any atom is -0.493 e. The molecule has 0 saturated heterocycles. The molecule has 4 aromatic rings. The predicted octanol–water partition coefficient (Wildman–Crippen LogP) is 6.55. The van der Waals surface area contributed by atoms with Crippen molar-refractivity contribution in [1.29, 1.82) is 0 Å². The van der Waals surface area contributed by atoms with E-state index < -0.39 is 0 Å². The smallest absolute Gasteiger partial charge is 0.203 e. The Hall–Kier alpha value is -2.67. The van der Waals surface area contributed by atoms with Crippen LogP contribution in [-0.4, -0.2) is 26.3 Å². The Kier molecular flexibility index (Phi) is 5.64. The number of nitrogen functional groups attached to an aromatic ring is 1. The number of hydrogen-bond acceptors (Lipinski definition) is 6. The number of rotatable bonds is 5. The summed E-state index contributed by atoms with van der Waals surface area (Å²) >= 11 is 14.3. The van der Waals surface area contributed by atoms with E-state index in [2.05, 4.69) is 4.98 Å². The van der Waals surface area contributed by atoms with Gasteiger partial charge < -0.3 is 19.9 Å². The fourth-order valence-electron chi connectivity index (χ4n) is 3.42. The number of benzene rings is 2. The third-order valence-corrected chi connectivity index (χ3v) is 6.67. The van der Waals surface area contributed by atoms with E-state index in [-0.39, 0.29) is 0 Å². The molecule has 154 valence electrons. The standard InChI is InChI=1S/C22H18Cl2N2O3S/c1-27-16-7-11(8-17(28-2)20(16)29-3)13-9-26-22(25)18-14(10-30-21(13)18)12-5-4-6-15(23)19(12)24/h4-10H,1-3H3,(H2,25,26). The number of nitrogens with zero attached hydrogens (tertiary/aromatic N) is 1. The van der Waals surface area contributed by atoms with Crippen LogP contribution >= 0.6 is 34.5 Å². The average Bonchev–Trinajstić information content (AvgIpc) is 3.20. The summed E-state index contributed by atoms with van der Waals surface area (Å²) in [6, 6.07) is 9.31. The van der Waals surface area contributed by atoms with Gasteiger partial charge in [-0.1, -0.05) is 35.3 Å². The van der Waals surface area contributed by atoms with E-state index in [1.54, 1.807) is 44.9 Å². The average molecular weight is 461 g/mol. The Morgan fingerprint density at radius 1 is 0.933 bits per heavy atom. The van der Waals surface area contributed by atoms with Crippen molar-refractivity contribution < 1.29 is 14.2 Å². The van der Waals surface area contributed by atoms with Crippen molar-refractivity contribution in [2.75, 3.05) is 27.1 Å². The highest BCUT2D eigenvalue weighted by atomic mass is 35.5. The quantitative estimate of drug-likeness (QED) is 0.365. The Morgan fingerprint density at radius 3 is 2.27 bits per heavy atom. The van der Waals surface area contributed by atoms with Crippen molar-refractivity contribution in [2.24, 2.45) is 0 Å². The third-order valence-electron chi connectivity index (χ3n) is 4.84. The van der Waals surface area contributed by atoms with Crippen LogP contribution in [0.15, 0.2) is 41.9 Å². The summed E-state index contributed by atoms with van der Waals surface area (Å²) in [5.74, 6) is 2.08. The molecule has 2 N–H and O–H groups in total. The van der Waals surface area contributed by atoms with Crippen LogP contribution in [0.25, 0.3) is 32.3 Å². The lowest BCUT2D eigenvalue weighted by atomic mass is 10.0. The molecule has 0 bridgehead atoms. The molecule has 2 aromatic heterocycles. The first kappa shape index (κ1) is 20.6. The van der Waals surface area contributed by atoms with Crippen LogP contribution in [0, 0.1) is 0 Å². The predicted molar refractivity (Wildman–Crippen MR) is 125 cm³/mol. The van der Waals surface area contributed by atoms with Gasteiger partial charge in [0.05, 0.1) is 31.4 Å². The van der Waals surface area contributed by atoms with Crippen LogP contribution in [0.5, 0.6) is 17.2 Å². The Morgan fingerprint density at radius 2 is 1.63 bits per heavy atom. The second-order valence-corrected chi connectivity index (χ2v) is 8.09.